The van der Waals surface area contributed by atoms with E-state index in [0.29, 0.717) is 25.5 Å². The Kier molecular flexibility index (Phi) is 3.48. The van der Waals surface area contributed by atoms with Gasteiger partial charge in [-0.15, -0.1) is 0 Å². The maximum atomic E-state index is 6.63. The lowest BCUT2D eigenvalue weighted by Gasteiger charge is -2.18. The fraction of sp³-hybridized carbons (Fsp3) is 0. The third-order valence-corrected chi connectivity index (χ3v) is 6.87. The van der Waals surface area contributed by atoms with Crippen molar-refractivity contribution in [2.24, 2.45) is 0 Å². The lowest BCUT2D eigenvalue weighted by Crippen LogP contribution is -1.91. The average Bonchev–Trinajstić information content (AvgIpc) is 2.61. The summed E-state index contributed by atoms with van der Waals surface area (Å²) >= 11 is 32.5. The molecule has 0 nitrogen and oxygen atoms in total. The van der Waals surface area contributed by atoms with Gasteiger partial charge in [0.05, 0.1) is 25.1 Å². The van der Waals surface area contributed by atoms with E-state index in [4.69, 9.17) is 58.0 Å². The number of benzene rings is 5. The van der Waals surface area contributed by atoms with Crippen LogP contribution in [0, 0.1) is 0 Å². The fourth-order valence-corrected chi connectivity index (χ4v) is 5.06. The van der Waals surface area contributed by atoms with Gasteiger partial charge in [-0.3, -0.25) is 0 Å². The Morgan fingerprint density at radius 1 is 0.480 bits per heavy atom. The molecule has 5 rings (SSSR count). The zero-order valence-corrected chi connectivity index (χ0v) is 16.2. The molecule has 0 saturated carbocycles. The van der Waals surface area contributed by atoms with Crippen LogP contribution >= 0.6 is 58.0 Å². The van der Waals surface area contributed by atoms with Crippen LogP contribution < -0.4 is 0 Å². The van der Waals surface area contributed by atoms with Gasteiger partial charge in [-0.1, -0.05) is 94.4 Å². The Morgan fingerprint density at radius 2 is 1.12 bits per heavy atom. The Morgan fingerprint density at radius 3 is 1.84 bits per heavy atom. The van der Waals surface area contributed by atoms with Crippen LogP contribution in [-0.4, -0.2) is 0 Å². The molecule has 0 amide bonds. The molecule has 25 heavy (non-hydrogen) atoms. The predicted molar refractivity (Wildman–Crippen MR) is 113 cm³/mol. The molecule has 0 aromatic heterocycles. The van der Waals surface area contributed by atoms with E-state index in [0.717, 1.165) is 37.7 Å². The van der Waals surface area contributed by atoms with E-state index in [1.807, 2.05) is 24.3 Å². The Balaban J connectivity index is 2.33. The lowest BCUT2D eigenvalue weighted by atomic mass is 9.90. The van der Waals surface area contributed by atoms with Gasteiger partial charge in [0, 0.05) is 16.2 Å². The van der Waals surface area contributed by atoms with Gasteiger partial charge in [0.25, 0.3) is 0 Å². The zero-order valence-electron chi connectivity index (χ0n) is 12.4. The van der Waals surface area contributed by atoms with Crippen molar-refractivity contribution in [2.75, 3.05) is 0 Å². The second-order valence-electron chi connectivity index (χ2n) is 6.00. The average molecular weight is 425 g/mol. The highest BCUT2D eigenvalue weighted by atomic mass is 35.5. The van der Waals surface area contributed by atoms with Crippen molar-refractivity contribution in [1.29, 1.82) is 0 Å². The van der Waals surface area contributed by atoms with E-state index in [2.05, 4.69) is 18.2 Å². The summed E-state index contributed by atoms with van der Waals surface area (Å²) in [6, 6.07) is 14.2. The Labute approximate surface area is 168 Å². The highest BCUT2D eigenvalue weighted by Gasteiger charge is 2.23. The summed E-state index contributed by atoms with van der Waals surface area (Å²) in [7, 11) is 0. The summed E-state index contributed by atoms with van der Waals surface area (Å²) in [5, 5.41) is 9.56. The van der Waals surface area contributed by atoms with Gasteiger partial charge in [-0.05, 0) is 33.0 Å². The van der Waals surface area contributed by atoms with Crippen molar-refractivity contribution >= 4 is 101 Å². The van der Waals surface area contributed by atoms with E-state index >= 15 is 0 Å². The monoisotopic (exact) mass is 422 g/mol. The zero-order chi connectivity index (χ0) is 17.5. The number of fused-ring (bicyclic) bond motifs is 2. The first-order valence-electron chi connectivity index (χ1n) is 7.51. The van der Waals surface area contributed by atoms with Gasteiger partial charge in [0.1, 0.15) is 0 Å². The summed E-state index contributed by atoms with van der Waals surface area (Å²) < 4.78 is 0. The maximum absolute atomic E-state index is 6.63. The molecular weight excluding hydrogens is 417 g/mol. The van der Waals surface area contributed by atoms with Crippen LogP contribution in [0.1, 0.15) is 0 Å². The topological polar surface area (TPSA) is 0 Å². The minimum Gasteiger partial charge on any atom is -0.0827 e. The van der Waals surface area contributed by atoms with Crippen molar-refractivity contribution in [1.82, 2.24) is 0 Å². The molecule has 0 saturated heterocycles. The summed E-state index contributed by atoms with van der Waals surface area (Å²) in [6.07, 6.45) is 0. The molecule has 0 N–H and O–H groups in total. The van der Waals surface area contributed by atoms with Gasteiger partial charge in [0.15, 0.2) is 0 Å². The van der Waals surface area contributed by atoms with Gasteiger partial charge in [0.2, 0.25) is 0 Å². The summed E-state index contributed by atoms with van der Waals surface area (Å²) in [5.74, 6) is 0. The number of hydrogen-bond acceptors (Lipinski definition) is 0. The molecule has 0 unspecified atom stereocenters. The molecule has 0 bridgehead atoms. The van der Waals surface area contributed by atoms with E-state index < -0.39 is 0 Å². The van der Waals surface area contributed by atoms with Crippen molar-refractivity contribution in [3.63, 3.8) is 0 Å². The highest BCUT2D eigenvalue weighted by Crippen LogP contribution is 2.51. The van der Waals surface area contributed by atoms with E-state index in [-0.39, 0.29) is 5.02 Å². The molecule has 0 heterocycles. The van der Waals surface area contributed by atoms with Gasteiger partial charge in [-0.2, -0.15) is 0 Å². The quantitative estimate of drug-likeness (QED) is 0.132. The fourth-order valence-electron chi connectivity index (χ4n) is 3.76. The summed E-state index contributed by atoms with van der Waals surface area (Å²) in [6.45, 7) is 0. The molecule has 0 atom stereocenters. The van der Waals surface area contributed by atoms with E-state index in [1.165, 1.54) is 0 Å². The van der Waals surface area contributed by atoms with E-state index in [1.54, 1.807) is 0 Å². The van der Waals surface area contributed by atoms with Crippen LogP contribution in [0.2, 0.25) is 25.1 Å². The molecule has 0 fully saturated rings. The van der Waals surface area contributed by atoms with E-state index in [9.17, 15) is 0 Å². The molecule has 0 spiro atoms. The summed E-state index contributed by atoms with van der Waals surface area (Å²) in [5.41, 5.74) is 0. The predicted octanol–water partition coefficient (Wildman–Crippen LogP) is 9.00. The standard InChI is InChI=1S/C20H7Cl5/c21-12-7-11-9-5-1-3-8-4-2-6-10(13(8)9)15-14(11)16(17(12)22)19(24)20(25)18(15)23/h1-7H. The van der Waals surface area contributed by atoms with Gasteiger partial charge >= 0.3 is 0 Å². The Hall–Kier alpha value is -1.15. The van der Waals surface area contributed by atoms with Crippen molar-refractivity contribution < 1.29 is 0 Å². The molecule has 0 aliphatic rings. The number of rotatable bonds is 0. The minimum absolute atomic E-state index is 0.289. The number of halogens is 5. The second-order valence-corrected chi connectivity index (χ2v) is 7.92. The molecular formula is C20H7Cl5. The van der Waals surface area contributed by atoms with Gasteiger partial charge < -0.3 is 0 Å². The lowest BCUT2D eigenvalue weighted by molar-refractivity contribution is 1.77. The maximum Gasteiger partial charge on any atom is 0.0791 e. The third kappa shape index (κ3) is 1.98. The molecule has 5 aromatic carbocycles. The van der Waals surface area contributed by atoms with Crippen LogP contribution in [-0.2, 0) is 0 Å². The van der Waals surface area contributed by atoms with Gasteiger partial charge in [-0.25, -0.2) is 0 Å². The van der Waals surface area contributed by atoms with Crippen molar-refractivity contribution in [3.05, 3.63) is 67.6 Å². The Bertz CT molecular complexity index is 1330. The van der Waals surface area contributed by atoms with Crippen molar-refractivity contribution in [2.45, 2.75) is 0 Å². The first-order chi connectivity index (χ1) is 12.0. The minimum atomic E-state index is 0.289. The van der Waals surface area contributed by atoms with Crippen molar-refractivity contribution in [3.8, 4) is 0 Å². The van der Waals surface area contributed by atoms with Crippen LogP contribution in [0.15, 0.2) is 42.5 Å². The second kappa shape index (κ2) is 5.42. The molecule has 0 aliphatic heterocycles. The first kappa shape index (κ1) is 16.1. The van der Waals surface area contributed by atoms with Crippen LogP contribution in [0.4, 0.5) is 0 Å². The van der Waals surface area contributed by atoms with Crippen LogP contribution in [0.5, 0.6) is 0 Å². The first-order valence-corrected chi connectivity index (χ1v) is 9.40. The normalized spacial score (nSPS) is 12.2. The highest BCUT2D eigenvalue weighted by molar-refractivity contribution is 6.58. The van der Waals surface area contributed by atoms with Crippen LogP contribution in [0.25, 0.3) is 43.1 Å². The molecule has 122 valence electrons. The molecule has 5 heteroatoms. The largest absolute Gasteiger partial charge is 0.0827 e. The van der Waals surface area contributed by atoms with Crippen LogP contribution in [0.3, 0.4) is 0 Å². The SMILES string of the molecule is Clc1cc2c3cccc4cccc(c5c(Cl)c(Cl)c(Cl)c(c1Cl)c25)c43. The third-order valence-electron chi connectivity index (χ3n) is 4.76. The molecule has 0 aliphatic carbocycles. The number of hydrogen-bond donors (Lipinski definition) is 0. The molecule has 0 radical (unpaired) electrons. The molecule has 5 aromatic rings. The summed E-state index contributed by atoms with van der Waals surface area (Å²) in [4.78, 5) is 0. The smallest absolute Gasteiger partial charge is 0.0791 e.